The molecule has 1 fully saturated rings. The Kier molecular flexibility index (Phi) is 10.6. The smallest absolute Gasteiger partial charge is 0.222 e. The van der Waals surface area contributed by atoms with Crippen molar-refractivity contribution in [1.29, 1.82) is 0 Å². The lowest BCUT2D eigenvalue weighted by atomic mass is 10.2. The molecule has 1 aromatic heterocycles. The molecule has 0 bridgehead atoms. The van der Waals surface area contributed by atoms with Gasteiger partial charge in [-0.25, -0.2) is 4.98 Å². The molecule has 1 aromatic carbocycles. The van der Waals surface area contributed by atoms with Gasteiger partial charge in [0.25, 0.3) is 0 Å². The van der Waals surface area contributed by atoms with Crippen molar-refractivity contribution in [2.45, 2.75) is 39.5 Å². The average molecular weight is 542 g/mol. The molecule has 0 radical (unpaired) electrons. The zero-order valence-electron chi connectivity index (χ0n) is 17.8. The van der Waals surface area contributed by atoms with E-state index in [-0.39, 0.29) is 29.9 Å². The molecule has 0 atom stereocenters. The number of thiazole rings is 1. The van der Waals surface area contributed by atoms with E-state index < -0.39 is 0 Å². The molecule has 6 nitrogen and oxygen atoms in total. The van der Waals surface area contributed by atoms with Crippen LogP contribution in [0.2, 0.25) is 0 Å². The van der Waals surface area contributed by atoms with Crippen LogP contribution >= 0.6 is 35.3 Å². The normalized spacial score (nSPS) is 14.0. The molecule has 0 aliphatic carbocycles. The third-order valence-electron chi connectivity index (χ3n) is 4.90. The zero-order valence-corrected chi connectivity index (χ0v) is 21.0. The van der Waals surface area contributed by atoms with Gasteiger partial charge < -0.3 is 15.5 Å². The minimum atomic E-state index is 0. The number of halogens is 1. The molecule has 164 valence electrons. The maximum Gasteiger partial charge on any atom is 0.222 e. The van der Waals surface area contributed by atoms with Crippen LogP contribution in [0.15, 0.2) is 34.6 Å². The number of aliphatic imine (C=N–C) groups is 1. The number of rotatable bonds is 9. The van der Waals surface area contributed by atoms with Crippen LogP contribution in [-0.2, 0) is 11.2 Å². The van der Waals surface area contributed by atoms with Crippen molar-refractivity contribution >= 4 is 47.2 Å². The van der Waals surface area contributed by atoms with E-state index >= 15 is 0 Å². The van der Waals surface area contributed by atoms with Crippen LogP contribution in [0, 0.1) is 6.92 Å². The summed E-state index contributed by atoms with van der Waals surface area (Å²) in [5.74, 6) is 1.11. The summed E-state index contributed by atoms with van der Waals surface area (Å²) in [6.45, 7) is 8.19. The molecule has 1 amide bonds. The van der Waals surface area contributed by atoms with Crippen LogP contribution in [-0.4, -0.2) is 54.5 Å². The number of nitrogens with zero attached hydrogens (tertiary/aromatic N) is 3. The highest BCUT2D eigenvalue weighted by Crippen LogP contribution is 2.24. The predicted octanol–water partition coefficient (Wildman–Crippen LogP) is 3.85. The summed E-state index contributed by atoms with van der Waals surface area (Å²) in [6, 6.07) is 8.50. The average Bonchev–Trinajstić information content (AvgIpc) is 3.35. The van der Waals surface area contributed by atoms with E-state index in [4.69, 9.17) is 4.98 Å². The topological polar surface area (TPSA) is 69.6 Å². The number of guanidine groups is 1. The molecule has 3 rings (SSSR count). The standard InChI is InChI=1S/C22H31N5OS.HI/c1-3-23-22(24-12-5-15-27-14-4-6-20(27)28)25-13-11-19-16-29-21(26-19)18-9-7-17(2)8-10-18;/h7-10,16H,3-6,11-15H2,1-2H3,(H2,23,24,25);1H. The minimum absolute atomic E-state index is 0. The van der Waals surface area contributed by atoms with Gasteiger partial charge in [-0.1, -0.05) is 29.8 Å². The molecule has 1 saturated heterocycles. The van der Waals surface area contributed by atoms with Crippen molar-refractivity contribution in [1.82, 2.24) is 20.5 Å². The Morgan fingerprint density at radius 2 is 2.07 bits per heavy atom. The van der Waals surface area contributed by atoms with Crippen molar-refractivity contribution in [3.63, 3.8) is 0 Å². The summed E-state index contributed by atoms with van der Waals surface area (Å²) >= 11 is 1.69. The quantitative estimate of drug-likeness (QED) is 0.219. The number of hydrogen-bond acceptors (Lipinski definition) is 4. The van der Waals surface area contributed by atoms with E-state index in [1.807, 2.05) is 4.90 Å². The summed E-state index contributed by atoms with van der Waals surface area (Å²) in [7, 11) is 0. The van der Waals surface area contributed by atoms with E-state index in [1.165, 1.54) is 11.1 Å². The largest absolute Gasteiger partial charge is 0.357 e. The fourth-order valence-electron chi connectivity index (χ4n) is 3.29. The van der Waals surface area contributed by atoms with Gasteiger partial charge in [-0.05, 0) is 26.7 Å². The number of hydrogen-bond donors (Lipinski definition) is 2. The predicted molar refractivity (Wildman–Crippen MR) is 136 cm³/mol. The Hall–Kier alpha value is -1.68. The second-order valence-corrected chi connectivity index (χ2v) is 8.14. The molecule has 8 heteroatoms. The van der Waals surface area contributed by atoms with Gasteiger partial charge in [0.1, 0.15) is 5.01 Å². The van der Waals surface area contributed by atoms with Gasteiger partial charge in [-0.15, -0.1) is 35.3 Å². The van der Waals surface area contributed by atoms with E-state index in [0.717, 1.165) is 62.1 Å². The molecule has 1 aliphatic heterocycles. The lowest BCUT2D eigenvalue weighted by Gasteiger charge is -2.15. The fraction of sp³-hybridized carbons (Fsp3) is 0.500. The third-order valence-corrected chi connectivity index (χ3v) is 5.84. The Morgan fingerprint density at radius 3 is 2.77 bits per heavy atom. The van der Waals surface area contributed by atoms with Crippen molar-refractivity contribution in [3.8, 4) is 10.6 Å². The van der Waals surface area contributed by atoms with Crippen LogP contribution in [0.25, 0.3) is 10.6 Å². The molecule has 2 N–H and O–H groups in total. The van der Waals surface area contributed by atoms with Gasteiger partial charge >= 0.3 is 0 Å². The lowest BCUT2D eigenvalue weighted by Crippen LogP contribution is -2.38. The fourth-order valence-corrected chi connectivity index (χ4v) is 4.15. The number of likely N-dealkylation sites (tertiary alicyclic amines) is 1. The van der Waals surface area contributed by atoms with Crippen LogP contribution in [0.3, 0.4) is 0 Å². The highest BCUT2D eigenvalue weighted by Gasteiger charge is 2.18. The highest BCUT2D eigenvalue weighted by atomic mass is 127. The van der Waals surface area contributed by atoms with Gasteiger partial charge in [0.05, 0.1) is 5.69 Å². The van der Waals surface area contributed by atoms with Gasteiger partial charge in [-0.2, -0.15) is 0 Å². The molecule has 2 heterocycles. The van der Waals surface area contributed by atoms with Crippen LogP contribution < -0.4 is 10.6 Å². The van der Waals surface area contributed by atoms with Crippen LogP contribution in [0.4, 0.5) is 0 Å². The molecule has 0 saturated carbocycles. The number of carbonyl (C=O) groups excluding carboxylic acids is 1. The summed E-state index contributed by atoms with van der Waals surface area (Å²) in [5, 5.41) is 9.87. The van der Waals surface area contributed by atoms with E-state index in [0.29, 0.717) is 13.0 Å². The summed E-state index contributed by atoms with van der Waals surface area (Å²) < 4.78 is 0. The summed E-state index contributed by atoms with van der Waals surface area (Å²) in [4.78, 5) is 23.0. The van der Waals surface area contributed by atoms with Crippen molar-refractivity contribution in [2.24, 2.45) is 4.99 Å². The van der Waals surface area contributed by atoms with E-state index in [1.54, 1.807) is 11.3 Å². The minimum Gasteiger partial charge on any atom is -0.357 e. The zero-order chi connectivity index (χ0) is 20.5. The first-order valence-corrected chi connectivity index (χ1v) is 11.3. The monoisotopic (exact) mass is 541 g/mol. The van der Waals surface area contributed by atoms with E-state index in [2.05, 4.69) is 59.1 Å². The second kappa shape index (κ2) is 12.9. The van der Waals surface area contributed by atoms with Gasteiger partial charge in [0.2, 0.25) is 5.91 Å². The lowest BCUT2D eigenvalue weighted by molar-refractivity contribution is -0.127. The number of amides is 1. The number of nitrogens with one attached hydrogen (secondary N) is 2. The molecule has 30 heavy (non-hydrogen) atoms. The SMILES string of the molecule is CCNC(=NCCCN1CCCC1=O)NCCc1csc(-c2ccc(C)cc2)n1.I. The van der Waals surface area contributed by atoms with Crippen LogP contribution in [0.5, 0.6) is 0 Å². The summed E-state index contributed by atoms with van der Waals surface area (Å²) in [6.07, 6.45) is 3.45. The number of benzene rings is 1. The molecule has 1 aliphatic rings. The number of carbonyl (C=O) groups is 1. The Labute approximate surface area is 200 Å². The first kappa shape index (κ1) is 24.6. The van der Waals surface area contributed by atoms with Gasteiger partial charge in [-0.3, -0.25) is 9.79 Å². The Bertz CT molecular complexity index is 821. The van der Waals surface area contributed by atoms with E-state index in [9.17, 15) is 4.79 Å². The molecular weight excluding hydrogens is 509 g/mol. The summed E-state index contributed by atoms with van der Waals surface area (Å²) in [5.41, 5.74) is 3.53. The van der Waals surface area contributed by atoms with Gasteiger partial charge in [0.15, 0.2) is 5.96 Å². The van der Waals surface area contributed by atoms with Crippen LogP contribution in [0.1, 0.15) is 37.4 Å². The Balaban J connectivity index is 0.00000320. The molecule has 0 spiro atoms. The first-order valence-electron chi connectivity index (χ1n) is 10.5. The number of aromatic nitrogens is 1. The number of aryl methyl sites for hydroxylation is 1. The van der Waals surface area contributed by atoms with Crippen molar-refractivity contribution in [2.75, 3.05) is 32.7 Å². The second-order valence-electron chi connectivity index (χ2n) is 7.29. The Morgan fingerprint density at radius 1 is 1.27 bits per heavy atom. The van der Waals surface area contributed by atoms with Gasteiger partial charge in [0, 0.05) is 56.5 Å². The maximum atomic E-state index is 11.6. The third kappa shape index (κ3) is 7.54. The van der Waals surface area contributed by atoms with Crippen molar-refractivity contribution in [3.05, 3.63) is 40.9 Å². The molecule has 2 aromatic rings. The molecule has 0 unspecified atom stereocenters. The van der Waals surface area contributed by atoms with Crippen molar-refractivity contribution < 1.29 is 4.79 Å². The first-order chi connectivity index (χ1) is 14.2. The molecular formula is C22H32IN5OS. The highest BCUT2D eigenvalue weighted by molar-refractivity contribution is 14.0. The maximum absolute atomic E-state index is 11.6.